The molecule has 0 saturated carbocycles. The van der Waals surface area contributed by atoms with Crippen LogP contribution in [0.3, 0.4) is 0 Å². The van der Waals surface area contributed by atoms with E-state index in [-0.39, 0.29) is 11.5 Å². The summed E-state index contributed by atoms with van der Waals surface area (Å²) < 4.78 is 1.91. The van der Waals surface area contributed by atoms with Crippen LogP contribution in [0, 0.1) is 6.92 Å². The number of fused-ring (bicyclic) bond motifs is 2. The smallest absolute Gasteiger partial charge is 0.197 e. The lowest BCUT2D eigenvalue weighted by molar-refractivity contribution is 0.132. The first kappa shape index (κ1) is 20.1. The number of rotatable bonds is 7. The lowest BCUT2D eigenvalue weighted by Gasteiger charge is -2.22. The van der Waals surface area contributed by atoms with Gasteiger partial charge in [0.05, 0.1) is 11.5 Å². The number of aliphatic hydroxyl groups is 1. The summed E-state index contributed by atoms with van der Waals surface area (Å²) in [7, 11) is 0. The molecule has 1 aromatic heterocycles. The molecule has 2 N–H and O–H groups in total. The Hall–Kier alpha value is -1.66. The Morgan fingerprint density at radius 2 is 2.07 bits per heavy atom. The lowest BCUT2D eigenvalue weighted by atomic mass is 10.1. The second-order valence-electron chi connectivity index (χ2n) is 6.87. The third-order valence-corrected chi connectivity index (χ3v) is 6.22. The molecule has 0 unspecified atom stereocenters. The monoisotopic (exact) mass is 404 g/mol. The Bertz CT molecular complexity index is 1020. The fourth-order valence-corrected chi connectivity index (χ4v) is 4.75. The third kappa shape index (κ3) is 4.43. The Balaban J connectivity index is 1.95. The van der Waals surface area contributed by atoms with Crippen molar-refractivity contribution in [2.75, 3.05) is 31.5 Å². The van der Waals surface area contributed by atoms with Crippen molar-refractivity contribution < 1.29 is 5.11 Å². The van der Waals surface area contributed by atoms with Crippen molar-refractivity contribution in [1.82, 2.24) is 4.90 Å². The molecule has 0 saturated heterocycles. The zero-order valence-corrected chi connectivity index (χ0v) is 17.5. The summed E-state index contributed by atoms with van der Waals surface area (Å²) in [5.41, 5.74) is 1.99. The van der Waals surface area contributed by atoms with Gasteiger partial charge < -0.3 is 10.4 Å². The minimum absolute atomic E-state index is 0.0398. The molecule has 6 heteroatoms. The predicted octanol–water partition coefficient (Wildman–Crippen LogP) is 4.49. The molecule has 0 spiro atoms. The number of hydrogen-bond acceptors (Lipinski definition) is 5. The molecule has 1 atom stereocenters. The fraction of sp³-hybridized carbons (Fsp3) is 0.381. The van der Waals surface area contributed by atoms with Gasteiger partial charge in [-0.15, -0.1) is 11.3 Å². The number of aliphatic hydroxyl groups excluding tert-OH is 1. The molecule has 2 aromatic carbocycles. The number of nitrogens with one attached hydrogen (secondary N) is 1. The molecule has 0 fully saturated rings. The number of aryl methyl sites for hydroxylation is 1. The van der Waals surface area contributed by atoms with Gasteiger partial charge in [0, 0.05) is 45.1 Å². The molecule has 0 aliphatic rings. The first-order chi connectivity index (χ1) is 12.9. The van der Waals surface area contributed by atoms with Crippen molar-refractivity contribution in [2.24, 2.45) is 0 Å². The molecule has 0 aliphatic carbocycles. The van der Waals surface area contributed by atoms with Gasteiger partial charge in [-0.2, -0.15) is 0 Å². The van der Waals surface area contributed by atoms with Crippen LogP contribution in [0.4, 0.5) is 5.69 Å². The van der Waals surface area contributed by atoms with E-state index in [2.05, 4.69) is 17.1 Å². The van der Waals surface area contributed by atoms with E-state index in [1.807, 2.05) is 31.2 Å². The lowest BCUT2D eigenvalue weighted by Crippen LogP contribution is -2.34. The van der Waals surface area contributed by atoms with E-state index in [1.165, 1.54) is 0 Å². The number of anilines is 1. The normalized spacial score (nSPS) is 12.8. The quantitative estimate of drug-likeness (QED) is 0.569. The first-order valence-corrected chi connectivity index (χ1v) is 10.4. The standard InChI is InChI=1S/C21H25ClN2O2S/c1-4-24(12-14(3)25)10-9-23-17-8-5-13(2)21-19(17)20(26)16-7-6-15(22)11-18(16)27-21/h5-8,11,14,23,25H,4,9-10,12H2,1-3H3/t14-/m0/s1. The van der Waals surface area contributed by atoms with E-state index in [1.54, 1.807) is 24.3 Å². The molecule has 0 amide bonds. The fourth-order valence-electron chi connectivity index (χ4n) is 3.30. The van der Waals surface area contributed by atoms with Gasteiger partial charge in [-0.05, 0) is 50.2 Å². The molecular formula is C21H25ClN2O2S. The zero-order chi connectivity index (χ0) is 19.6. The molecule has 27 heavy (non-hydrogen) atoms. The van der Waals surface area contributed by atoms with Crippen LogP contribution < -0.4 is 10.7 Å². The minimum Gasteiger partial charge on any atom is -0.392 e. The third-order valence-electron chi connectivity index (χ3n) is 4.70. The van der Waals surface area contributed by atoms with E-state index >= 15 is 0 Å². The van der Waals surface area contributed by atoms with Gasteiger partial charge in [0.2, 0.25) is 0 Å². The maximum absolute atomic E-state index is 13.2. The van der Waals surface area contributed by atoms with Gasteiger partial charge in [0.15, 0.2) is 5.43 Å². The maximum Gasteiger partial charge on any atom is 0.197 e. The molecule has 144 valence electrons. The van der Waals surface area contributed by atoms with Crippen LogP contribution in [-0.4, -0.2) is 42.3 Å². The van der Waals surface area contributed by atoms with E-state index in [0.717, 1.165) is 39.1 Å². The summed E-state index contributed by atoms with van der Waals surface area (Å²) in [5.74, 6) is 0. The maximum atomic E-state index is 13.2. The van der Waals surface area contributed by atoms with Gasteiger partial charge in [0.1, 0.15) is 0 Å². The highest BCUT2D eigenvalue weighted by Gasteiger charge is 2.13. The highest BCUT2D eigenvalue weighted by Crippen LogP contribution is 2.32. The van der Waals surface area contributed by atoms with Crippen molar-refractivity contribution in [3.8, 4) is 0 Å². The van der Waals surface area contributed by atoms with Crippen LogP contribution in [-0.2, 0) is 0 Å². The van der Waals surface area contributed by atoms with Crippen molar-refractivity contribution in [2.45, 2.75) is 26.9 Å². The molecule has 3 rings (SSSR count). The van der Waals surface area contributed by atoms with Crippen LogP contribution in [0.2, 0.25) is 5.02 Å². The molecular weight excluding hydrogens is 380 g/mol. The Morgan fingerprint density at radius 3 is 2.78 bits per heavy atom. The Labute approximate surface area is 168 Å². The number of halogens is 1. The summed E-state index contributed by atoms with van der Waals surface area (Å²) in [4.78, 5) is 15.3. The summed E-state index contributed by atoms with van der Waals surface area (Å²) >= 11 is 7.72. The minimum atomic E-state index is -0.349. The zero-order valence-electron chi connectivity index (χ0n) is 15.9. The second-order valence-corrected chi connectivity index (χ2v) is 8.36. The van der Waals surface area contributed by atoms with Crippen molar-refractivity contribution in [3.05, 3.63) is 51.1 Å². The van der Waals surface area contributed by atoms with E-state index in [9.17, 15) is 9.90 Å². The molecule has 0 radical (unpaired) electrons. The average Bonchev–Trinajstić information content (AvgIpc) is 2.62. The first-order valence-electron chi connectivity index (χ1n) is 9.20. The van der Waals surface area contributed by atoms with Crippen LogP contribution in [0.25, 0.3) is 20.2 Å². The number of hydrogen-bond donors (Lipinski definition) is 2. The van der Waals surface area contributed by atoms with Gasteiger partial charge in [-0.25, -0.2) is 0 Å². The Kier molecular flexibility index (Phi) is 6.37. The predicted molar refractivity (Wildman–Crippen MR) is 118 cm³/mol. The SMILES string of the molecule is CCN(CCNc1ccc(C)c2sc3cc(Cl)ccc3c(=O)c12)C[C@H](C)O. The van der Waals surface area contributed by atoms with Crippen molar-refractivity contribution in [1.29, 1.82) is 0 Å². The van der Waals surface area contributed by atoms with E-state index in [0.29, 0.717) is 23.5 Å². The second kappa shape index (κ2) is 8.57. The van der Waals surface area contributed by atoms with Gasteiger partial charge in [-0.3, -0.25) is 9.69 Å². The average molecular weight is 405 g/mol. The van der Waals surface area contributed by atoms with Crippen LogP contribution in [0.15, 0.2) is 35.1 Å². The highest BCUT2D eigenvalue weighted by molar-refractivity contribution is 7.24. The molecule has 3 aromatic rings. The molecule has 0 aliphatic heterocycles. The molecule has 4 nitrogen and oxygen atoms in total. The summed E-state index contributed by atoms with van der Waals surface area (Å²) in [5, 5.41) is 15.1. The Morgan fingerprint density at radius 1 is 1.30 bits per heavy atom. The summed E-state index contributed by atoms with van der Waals surface area (Å²) in [6, 6.07) is 9.46. The van der Waals surface area contributed by atoms with E-state index < -0.39 is 0 Å². The summed E-state index contributed by atoms with van der Waals surface area (Å²) in [6.07, 6.45) is -0.349. The molecule has 0 bridgehead atoms. The largest absolute Gasteiger partial charge is 0.392 e. The van der Waals surface area contributed by atoms with Gasteiger partial charge in [-0.1, -0.05) is 24.6 Å². The number of likely N-dealkylation sites (N-methyl/N-ethyl adjacent to an activating group) is 1. The van der Waals surface area contributed by atoms with Crippen LogP contribution in [0.1, 0.15) is 19.4 Å². The van der Waals surface area contributed by atoms with Crippen molar-refractivity contribution in [3.63, 3.8) is 0 Å². The van der Waals surface area contributed by atoms with Gasteiger partial charge in [0.25, 0.3) is 0 Å². The van der Waals surface area contributed by atoms with Crippen LogP contribution in [0.5, 0.6) is 0 Å². The highest BCUT2D eigenvalue weighted by atomic mass is 35.5. The van der Waals surface area contributed by atoms with E-state index in [4.69, 9.17) is 11.6 Å². The molecule has 1 heterocycles. The van der Waals surface area contributed by atoms with Crippen LogP contribution >= 0.6 is 22.9 Å². The van der Waals surface area contributed by atoms with Gasteiger partial charge >= 0.3 is 0 Å². The van der Waals surface area contributed by atoms with Crippen molar-refractivity contribution >= 4 is 48.8 Å². The topological polar surface area (TPSA) is 52.6 Å². The summed E-state index contributed by atoms with van der Waals surface area (Å²) in [6.45, 7) is 8.94. The number of nitrogens with zero attached hydrogens (tertiary/aromatic N) is 1. The number of benzene rings is 2.